The van der Waals surface area contributed by atoms with Gasteiger partial charge in [0.2, 0.25) is 0 Å². The number of hydrogen-bond acceptors (Lipinski definition) is 7. The molecule has 0 bridgehead atoms. The molecule has 0 aliphatic carbocycles. The first-order chi connectivity index (χ1) is 14.4. The van der Waals surface area contributed by atoms with E-state index in [1.807, 2.05) is 0 Å². The summed E-state index contributed by atoms with van der Waals surface area (Å²) < 4.78 is 32.4. The maximum atomic E-state index is 13.5. The predicted octanol–water partition coefficient (Wildman–Crippen LogP) is 3.03. The first-order valence-electron chi connectivity index (χ1n) is 8.88. The Morgan fingerprint density at radius 1 is 1.23 bits per heavy atom. The quantitative estimate of drug-likeness (QED) is 0.619. The Balaban J connectivity index is 1.43. The molecule has 11 heteroatoms. The molecule has 1 aliphatic rings. The van der Waals surface area contributed by atoms with Crippen LogP contribution in [0.3, 0.4) is 0 Å². The number of nitrogens with one attached hydrogen (secondary N) is 1. The Labute approximate surface area is 174 Å². The zero-order valence-corrected chi connectivity index (χ0v) is 16.4. The van der Waals surface area contributed by atoms with Gasteiger partial charge in [-0.15, -0.1) is 0 Å². The van der Waals surface area contributed by atoms with Gasteiger partial charge in [-0.3, -0.25) is 4.79 Å². The van der Waals surface area contributed by atoms with Crippen LogP contribution in [0.5, 0.6) is 5.75 Å². The van der Waals surface area contributed by atoms with Crippen molar-refractivity contribution in [3.05, 3.63) is 64.8 Å². The van der Waals surface area contributed by atoms with Crippen molar-refractivity contribution in [3.63, 3.8) is 0 Å². The van der Waals surface area contributed by atoms with Gasteiger partial charge in [-0.25, -0.2) is 18.7 Å². The van der Waals surface area contributed by atoms with Crippen LogP contribution in [0, 0.1) is 18.6 Å². The Morgan fingerprint density at radius 3 is 2.73 bits per heavy atom. The van der Waals surface area contributed by atoms with Crippen molar-refractivity contribution < 1.29 is 18.3 Å². The number of aryl methyl sites for hydroxylation is 1. The van der Waals surface area contributed by atoms with Gasteiger partial charge < -0.3 is 15.0 Å². The van der Waals surface area contributed by atoms with Crippen molar-refractivity contribution in [3.8, 4) is 5.75 Å². The molecule has 0 saturated carbocycles. The smallest absolute Gasteiger partial charge is 0.278 e. The zero-order chi connectivity index (χ0) is 21.3. The molecule has 0 unspecified atom stereocenters. The number of carbonyl (C=O) groups is 1. The van der Waals surface area contributed by atoms with Crippen LogP contribution in [-0.4, -0.2) is 45.3 Å². The van der Waals surface area contributed by atoms with Gasteiger partial charge in [0, 0.05) is 24.5 Å². The molecule has 1 fully saturated rings. The third-order valence-corrected chi connectivity index (χ3v) is 4.61. The van der Waals surface area contributed by atoms with Crippen molar-refractivity contribution in [2.75, 3.05) is 23.3 Å². The Morgan fingerprint density at radius 2 is 2.00 bits per heavy atom. The maximum Gasteiger partial charge on any atom is 0.278 e. The first kappa shape index (κ1) is 19.9. The minimum atomic E-state index is -1.12. The number of hydrogen-bond donors (Lipinski definition) is 1. The standard InChI is InChI=1S/C19H15ClF2N6O2/c1-10-4-11(7-25-27-10)26-19(29)17-18(24-3-2-23-17)28-8-13(9-28)30-12-5-14(20)16(22)15(21)6-12/h2-7,13H,8-9H2,1H3,(H,26,27,29). The van der Waals surface area contributed by atoms with Crippen LogP contribution >= 0.6 is 11.6 Å². The fraction of sp³-hybridized carbons (Fsp3) is 0.211. The Kier molecular flexibility index (Phi) is 5.40. The van der Waals surface area contributed by atoms with Crippen LogP contribution in [-0.2, 0) is 0 Å². The van der Waals surface area contributed by atoms with E-state index in [4.69, 9.17) is 16.3 Å². The second-order valence-electron chi connectivity index (χ2n) is 6.61. The Hall–Kier alpha value is -3.40. The molecule has 0 radical (unpaired) electrons. The van der Waals surface area contributed by atoms with Crippen LogP contribution in [0.15, 0.2) is 36.8 Å². The van der Waals surface area contributed by atoms with Crippen molar-refractivity contribution in [1.82, 2.24) is 20.2 Å². The van der Waals surface area contributed by atoms with Gasteiger partial charge >= 0.3 is 0 Å². The summed E-state index contributed by atoms with van der Waals surface area (Å²) >= 11 is 5.64. The molecular formula is C19H15ClF2N6O2. The van der Waals surface area contributed by atoms with E-state index in [-0.39, 0.29) is 22.6 Å². The molecule has 8 nitrogen and oxygen atoms in total. The van der Waals surface area contributed by atoms with Crippen LogP contribution in [0.4, 0.5) is 20.3 Å². The third kappa shape index (κ3) is 4.13. The summed E-state index contributed by atoms with van der Waals surface area (Å²) in [6.07, 6.45) is 4.02. The summed E-state index contributed by atoms with van der Waals surface area (Å²) in [5.74, 6) is -2.13. The predicted molar refractivity (Wildman–Crippen MR) is 105 cm³/mol. The number of anilines is 2. The molecule has 0 atom stereocenters. The number of halogens is 3. The van der Waals surface area contributed by atoms with E-state index in [1.165, 1.54) is 24.7 Å². The molecule has 154 valence electrons. The summed E-state index contributed by atoms with van der Waals surface area (Å²) in [6, 6.07) is 3.84. The lowest BCUT2D eigenvalue weighted by Crippen LogP contribution is -2.54. The number of benzene rings is 1. The highest BCUT2D eigenvalue weighted by molar-refractivity contribution is 6.30. The number of carbonyl (C=O) groups excluding carboxylic acids is 1. The minimum absolute atomic E-state index is 0.126. The highest BCUT2D eigenvalue weighted by Crippen LogP contribution is 2.28. The van der Waals surface area contributed by atoms with Gasteiger partial charge in [0.15, 0.2) is 23.1 Å². The number of amides is 1. The molecule has 0 spiro atoms. The topological polar surface area (TPSA) is 93.1 Å². The zero-order valence-electron chi connectivity index (χ0n) is 15.6. The molecule has 30 heavy (non-hydrogen) atoms. The second kappa shape index (κ2) is 8.15. The van der Waals surface area contributed by atoms with Gasteiger partial charge in [0.05, 0.1) is 35.7 Å². The van der Waals surface area contributed by atoms with Crippen molar-refractivity contribution in [2.45, 2.75) is 13.0 Å². The fourth-order valence-corrected chi connectivity index (χ4v) is 3.13. The average Bonchev–Trinajstić information content (AvgIpc) is 2.68. The number of nitrogens with zero attached hydrogens (tertiary/aromatic N) is 5. The molecule has 3 heterocycles. The minimum Gasteiger partial charge on any atom is -0.487 e. The monoisotopic (exact) mass is 432 g/mol. The maximum absolute atomic E-state index is 13.5. The van der Waals surface area contributed by atoms with E-state index < -0.39 is 17.5 Å². The third-order valence-electron chi connectivity index (χ3n) is 4.34. The van der Waals surface area contributed by atoms with E-state index in [0.717, 1.165) is 6.07 Å². The van der Waals surface area contributed by atoms with E-state index in [0.29, 0.717) is 30.3 Å². The summed E-state index contributed by atoms with van der Waals surface area (Å²) in [5.41, 5.74) is 1.29. The molecule has 1 aromatic carbocycles. The van der Waals surface area contributed by atoms with E-state index >= 15 is 0 Å². The SMILES string of the molecule is Cc1cc(NC(=O)c2nccnc2N2CC(Oc3cc(F)c(F)c(Cl)c3)C2)cnn1. The van der Waals surface area contributed by atoms with Gasteiger partial charge in [-0.2, -0.15) is 10.2 Å². The number of rotatable bonds is 5. The summed E-state index contributed by atoms with van der Waals surface area (Å²) in [7, 11) is 0. The Bertz CT molecular complexity index is 1090. The second-order valence-corrected chi connectivity index (χ2v) is 7.02. The summed E-state index contributed by atoms with van der Waals surface area (Å²) in [6.45, 7) is 2.52. The van der Waals surface area contributed by atoms with E-state index in [1.54, 1.807) is 17.9 Å². The molecule has 4 rings (SSSR count). The average molecular weight is 433 g/mol. The first-order valence-corrected chi connectivity index (χ1v) is 9.26. The van der Waals surface area contributed by atoms with E-state index in [2.05, 4.69) is 25.5 Å². The van der Waals surface area contributed by atoms with Crippen LogP contribution in [0.25, 0.3) is 0 Å². The van der Waals surface area contributed by atoms with Gasteiger partial charge in [0.1, 0.15) is 11.9 Å². The summed E-state index contributed by atoms with van der Waals surface area (Å²) in [5, 5.41) is 10.0. The summed E-state index contributed by atoms with van der Waals surface area (Å²) in [4.78, 5) is 22.8. The lowest BCUT2D eigenvalue weighted by molar-refractivity contribution is 0.102. The van der Waals surface area contributed by atoms with E-state index in [9.17, 15) is 13.6 Å². The molecule has 1 amide bonds. The molecule has 1 saturated heterocycles. The lowest BCUT2D eigenvalue weighted by atomic mass is 10.1. The van der Waals surface area contributed by atoms with Gasteiger partial charge in [0.25, 0.3) is 5.91 Å². The normalized spacial score (nSPS) is 13.7. The van der Waals surface area contributed by atoms with Crippen LogP contribution in [0.1, 0.15) is 16.2 Å². The van der Waals surface area contributed by atoms with Crippen molar-refractivity contribution >= 4 is 29.0 Å². The van der Waals surface area contributed by atoms with Gasteiger partial charge in [-0.1, -0.05) is 11.6 Å². The van der Waals surface area contributed by atoms with Gasteiger partial charge in [-0.05, 0) is 13.0 Å². The number of ether oxygens (including phenoxy) is 1. The van der Waals surface area contributed by atoms with Crippen molar-refractivity contribution in [1.29, 1.82) is 0 Å². The molecule has 3 aromatic rings. The van der Waals surface area contributed by atoms with Crippen molar-refractivity contribution in [2.24, 2.45) is 0 Å². The highest BCUT2D eigenvalue weighted by Gasteiger charge is 2.33. The molecule has 1 N–H and O–H groups in total. The molecule has 1 aliphatic heterocycles. The highest BCUT2D eigenvalue weighted by atomic mass is 35.5. The van der Waals surface area contributed by atoms with Crippen LogP contribution in [0.2, 0.25) is 5.02 Å². The lowest BCUT2D eigenvalue weighted by Gasteiger charge is -2.40. The van der Waals surface area contributed by atoms with Crippen LogP contribution < -0.4 is 15.0 Å². The largest absolute Gasteiger partial charge is 0.487 e. The fourth-order valence-electron chi connectivity index (χ4n) is 2.93. The number of aromatic nitrogens is 4. The molecular weight excluding hydrogens is 418 g/mol. The molecule has 2 aromatic heterocycles.